The molecule has 4 atom stereocenters. The lowest BCUT2D eigenvalue weighted by Crippen LogP contribution is -2.55. The van der Waals surface area contributed by atoms with E-state index in [1.165, 1.54) is 40.2 Å². The number of nitrogens with zero attached hydrogens (tertiary/aromatic N) is 10. The molecule has 8 heterocycles. The highest BCUT2D eigenvalue weighted by Crippen LogP contribution is 2.40. The molecule has 0 bridgehead atoms. The number of benzene rings is 2. The van der Waals surface area contributed by atoms with Crippen LogP contribution in [0.2, 0.25) is 0 Å². The Morgan fingerprint density at radius 2 is 0.940 bits per heavy atom. The molecule has 2 amide bonds. The minimum Gasteiger partial charge on any atom is -0.497 e. The number of piperazine rings is 2. The van der Waals surface area contributed by atoms with E-state index < -0.39 is 59.6 Å². The first-order chi connectivity index (χ1) is 39.9. The lowest BCUT2D eigenvalue weighted by atomic mass is 10.0. The number of aliphatic hydroxyl groups is 2. The zero-order valence-corrected chi connectivity index (χ0v) is 47.5. The van der Waals surface area contributed by atoms with Crippen LogP contribution in [0.1, 0.15) is 98.3 Å². The van der Waals surface area contributed by atoms with Gasteiger partial charge in [0, 0.05) is 83.4 Å². The Morgan fingerprint density at radius 1 is 0.583 bits per heavy atom. The Labute approximate surface area is 483 Å². The number of alkyl halides is 6. The fourth-order valence-corrected chi connectivity index (χ4v) is 12.6. The van der Waals surface area contributed by atoms with E-state index in [4.69, 9.17) is 9.47 Å². The maximum atomic E-state index is 14.3. The molecule has 2 aliphatic heterocycles. The molecule has 6 aromatic heterocycles. The van der Waals surface area contributed by atoms with Crippen molar-refractivity contribution < 1.29 is 75.4 Å². The molecule has 10 rings (SSSR count). The fourth-order valence-electron chi connectivity index (χ4n) is 10.7. The number of aliphatic hydroxyl groups excluding tert-OH is 2. The van der Waals surface area contributed by atoms with E-state index in [0.717, 1.165) is 35.1 Å². The Morgan fingerprint density at radius 3 is 1.23 bits per heavy atom. The maximum Gasteiger partial charge on any atom is 0.433 e. The van der Waals surface area contributed by atoms with Crippen molar-refractivity contribution in [1.29, 1.82) is 0 Å². The number of ether oxygens (including phenoxy) is 2. The van der Waals surface area contributed by atoms with E-state index in [-0.39, 0.29) is 93.1 Å². The van der Waals surface area contributed by atoms with Gasteiger partial charge >= 0.3 is 24.3 Å². The third-order valence-electron chi connectivity index (χ3n) is 14.9. The molecular weight excluding hydrogens is 1150 g/mol. The SMILES string of the molecule is COc1ccc(-c2nc3c(C(=O)N4CCN([C@@H](CO)c5ccc(C(=O)O)s5)C[C@H]4C)cnn3c(C(F)(F)F)c2C)cc1.COc1ccc(-c2nc3c(C(=O)N4CCN([C@H](CO)c5ccc(C(=O)O)s5)C[C@H]4C)cnn3c(C(F)(F)F)c2C)cc1. The number of carbonyl (C=O) groups excluding carboxylic acids is 2. The number of carboxylic acid groups (broad SMARTS) is 2. The van der Waals surface area contributed by atoms with Crippen molar-refractivity contribution in [1.82, 2.24) is 48.8 Å². The van der Waals surface area contributed by atoms with Crippen LogP contribution in [0.15, 0.2) is 85.2 Å². The summed E-state index contributed by atoms with van der Waals surface area (Å²) in [5, 5.41) is 46.6. The van der Waals surface area contributed by atoms with Gasteiger partial charge in [0.1, 0.15) is 32.4 Å². The molecule has 2 aliphatic rings. The number of fused-ring (bicyclic) bond motifs is 2. The van der Waals surface area contributed by atoms with Crippen molar-refractivity contribution in [2.24, 2.45) is 0 Å². The summed E-state index contributed by atoms with van der Waals surface area (Å²) in [6.07, 6.45) is -7.30. The molecule has 0 spiro atoms. The smallest absolute Gasteiger partial charge is 0.433 e. The molecule has 84 heavy (non-hydrogen) atoms. The van der Waals surface area contributed by atoms with Gasteiger partial charge in [0.05, 0.1) is 63.3 Å². The normalized spacial score (nSPS) is 17.0. The fraction of sp³-hybridized carbons (Fsp3) is 0.357. The van der Waals surface area contributed by atoms with Crippen molar-refractivity contribution in [3.8, 4) is 34.0 Å². The molecule has 444 valence electrons. The van der Waals surface area contributed by atoms with Crippen LogP contribution in [0, 0.1) is 13.8 Å². The zero-order chi connectivity index (χ0) is 60.7. The molecule has 0 saturated carbocycles. The molecule has 8 aromatic rings. The summed E-state index contributed by atoms with van der Waals surface area (Å²) >= 11 is 2.16. The number of thiophene rings is 2. The number of aromatic nitrogens is 6. The molecular formula is C56H56F6N10O10S2. The zero-order valence-electron chi connectivity index (χ0n) is 45.8. The van der Waals surface area contributed by atoms with Crippen LogP contribution in [0.25, 0.3) is 33.8 Å². The Kier molecular flexibility index (Phi) is 17.5. The van der Waals surface area contributed by atoms with Crippen molar-refractivity contribution in [3.05, 3.63) is 138 Å². The van der Waals surface area contributed by atoms with Crippen LogP contribution >= 0.6 is 22.7 Å². The monoisotopic (exact) mass is 1210 g/mol. The standard InChI is InChI=1S/2C28H28F3N5O5S/c2*1-15-13-34(20(14-37)21-8-9-22(42-21)27(39)40)10-11-35(15)26(38)19-12-32-36-24(28(29,30)31)16(2)23(33-25(19)36)17-4-6-18(41-3)7-5-17/h2*4-9,12,15,20,37H,10-11,13-14H2,1-3H3,(H,39,40)/t15-,20+;15-,20-/m11/s1. The summed E-state index contributed by atoms with van der Waals surface area (Å²) < 4.78 is 97.4. The van der Waals surface area contributed by atoms with Crippen LogP contribution < -0.4 is 9.47 Å². The van der Waals surface area contributed by atoms with Gasteiger partial charge in [-0.2, -0.15) is 36.5 Å². The predicted octanol–water partition coefficient (Wildman–Crippen LogP) is 8.74. The second-order valence-electron chi connectivity index (χ2n) is 20.0. The van der Waals surface area contributed by atoms with Gasteiger partial charge in [0.25, 0.3) is 11.8 Å². The summed E-state index contributed by atoms with van der Waals surface area (Å²) in [6, 6.07) is 17.6. The van der Waals surface area contributed by atoms with Crippen LogP contribution in [-0.2, 0) is 12.4 Å². The highest BCUT2D eigenvalue weighted by atomic mass is 32.1. The van der Waals surface area contributed by atoms with Crippen molar-refractivity contribution in [2.45, 2.75) is 64.2 Å². The Hall–Kier alpha value is -8.02. The van der Waals surface area contributed by atoms with Gasteiger partial charge < -0.3 is 39.7 Å². The molecule has 2 saturated heterocycles. The maximum absolute atomic E-state index is 14.3. The first-order valence-corrected chi connectivity index (χ1v) is 27.7. The number of carbonyl (C=O) groups is 4. The Balaban J connectivity index is 0.000000202. The van der Waals surface area contributed by atoms with Crippen LogP contribution in [0.3, 0.4) is 0 Å². The highest BCUT2D eigenvalue weighted by Gasteiger charge is 2.42. The minimum absolute atomic E-state index is 0.0568. The average Bonchev–Trinajstić information content (AvgIpc) is 2.72. The molecule has 0 aliphatic carbocycles. The molecule has 2 fully saturated rings. The minimum atomic E-state index is -4.76. The largest absolute Gasteiger partial charge is 0.497 e. The number of hydrogen-bond acceptors (Lipinski definition) is 16. The van der Waals surface area contributed by atoms with Crippen molar-refractivity contribution in [2.75, 3.05) is 66.7 Å². The van der Waals surface area contributed by atoms with E-state index in [1.54, 1.807) is 70.5 Å². The second-order valence-corrected chi connectivity index (χ2v) is 22.2. The summed E-state index contributed by atoms with van der Waals surface area (Å²) in [5.41, 5.74) is -1.79. The molecule has 28 heteroatoms. The summed E-state index contributed by atoms with van der Waals surface area (Å²) in [6.45, 7) is 7.66. The van der Waals surface area contributed by atoms with Gasteiger partial charge in [-0.25, -0.2) is 28.6 Å². The number of aromatic carboxylic acids is 2. The Bertz CT molecular complexity index is 3510. The van der Waals surface area contributed by atoms with E-state index in [0.29, 0.717) is 67.6 Å². The summed E-state index contributed by atoms with van der Waals surface area (Å²) in [7, 11) is 2.97. The van der Waals surface area contributed by atoms with Crippen LogP contribution in [0.5, 0.6) is 11.5 Å². The molecule has 20 nitrogen and oxygen atoms in total. The first-order valence-electron chi connectivity index (χ1n) is 26.1. The number of rotatable bonds is 14. The van der Waals surface area contributed by atoms with Crippen molar-refractivity contribution in [3.63, 3.8) is 0 Å². The molecule has 0 unspecified atom stereocenters. The van der Waals surface area contributed by atoms with Gasteiger partial charge in [0.15, 0.2) is 22.7 Å². The third kappa shape index (κ3) is 11.9. The first kappa shape index (κ1) is 60.6. The van der Waals surface area contributed by atoms with E-state index >= 15 is 0 Å². The number of carboxylic acids is 2. The molecule has 2 aromatic carbocycles. The van der Waals surface area contributed by atoms with Crippen molar-refractivity contribution >= 4 is 57.7 Å². The van der Waals surface area contributed by atoms with E-state index in [9.17, 15) is 65.9 Å². The summed E-state index contributed by atoms with van der Waals surface area (Å²) in [5.74, 6) is -2.04. The predicted molar refractivity (Wildman–Crippen MR) is 296 cm³/mol. The number of hydrogen-bond donors (Lipinski definition) is 4. The number of methoxy groups -OCH3 is 2. The van der Waals surface area contributed by atoms with E-state index in [1.807, 2.05) is 23.6 Å². The molecule has 0 radical (unpaired) electrons. The summed E-state index contributed by atoms with van der Waals surface area (Å²) in [4.78, 5) is 67.9. The van der Waals surface area contributed by atoms with Gasteiger partial charge in [-0.05, 0) is 100 Å². The number of amides is 2. The quantitative estimate of drug-likeness (QED) is 0.0744. The van der Waals surface area contributed by atoms with Crippen LogP contribution in [0.4, 0.5) is 26.3 Å². The van der Waals surface area contributed by atoms with Gasteiger partial charge in [-0.15, -0.1) is 22.7 Å². The topological polar surface area (TPSA) is 241 Å². The van der Waals surface area contributed by atoms with Gasteiger partial charge in [-0.1, -0.05) is 0 Å². The van der Waals surface area contributed by atoms with E-state index in [2.05, 4.69) is 20.2 Å². The third-order valence-corrected chi connectivity index (χ3v) is 17.2. The lowest BCUT2D eigenvalue weighted by Gasteiger charge is -2.42. The van der Waals surface area contributed by atoms with Crippen LogP contribution in [-0.4, -0.2) is 172 Å². The second kappa shape index (κ2) is 24.3. The highest BCUT2D eigenvalue weighted by molar-refractivity contribution is 7.14. The van der Waals surface area contributed by atoms with Gasteiger partial charge in [0.2, 0.25) is 0 Å². The lowest BCUT2D eigenvalue weighted by molar-refractivity contribution is -0.144. The molecule has 4 N–H and O–H groups in total. The van der Waals surface area contributed by atoms with Gasteiger partial charge in [-0.3, -0.25) is 19.4 Å². The average molecular weight is 1210 g/mol. The number of halogens is 6.